The second kappa shape index (κ2) is 6.91. The predicted molar refractivity (Wildman–Crippen MR) is 115 cm³/mol. The summed E-state index contributed by atoms with van der Waals surface area (Å²) in [5, 5.41) is 6.27. The van der Waals surface area contributed by atoms with E-state index in [4.69, 9.17) is 4.98 Å². The smallest absolute Gasteiger partial charge is 0.254 e. The maximum atomic E-state index is 13.4. The Labute approximate surface area is 173 Å². The zero-order valence-corrected chi connectivity index (χ0v) is 17.6. The normalized spacial score (nSPS) is 14.2. The Morgan fingerprint density at radius 3 is 2.79 bits per heavy atom. The van der Waals surface area contributed by atoms with Gasteiger partial charge >= 0.3 is 0 Å². The average Bonchev–Trinajstić information content (AvgIpc) is 3.33. The van der Waals surface area contributed by atoms with Crippen molar-refractivity contribution in [3.8, 4) is 0 Å². The lowest BCUT2D eigenvalue weighted by molar-refractivity contribution is 0.0787. The van der Waals surface area contributed by atoms with Crippen molar-refractivity contribution in [3.63, 3.8) is 0 Å². The van der Waals surface area contributed by atoms with Crippen LogP contribution in [-0.2, 0) is 6.54 Å². The van der Waals surface area contributed by atoms with E-state index in [1.165, 1.54) is 0 Å². The fraction of sp³-hybridized carbons (Fsp3) is 0.364. The molecule has 1 aliphatic rings. The Morgan fingerprint density at radius 2 is 2.07 bits per heavy atom. The molecule has 0 bridgehead atoms. The molecule has 7 heteroatoms. The van der Waals surface area contributed by atoms with Crippen molar-refractivity contribution in [2.75, 3.05) is 7.05 Å². The highest BCUT2D eigenvalue weighted by molar-refractivity contribution is 7.18. The van der Waals surface area contributed by atoms with Gasteiger partial charge in [0.2, 0.25) is 0 Å². The average molecular weight is 406 g/mol. The molecule has 148 valence electrons. The minimum atomic E-state index is -0.0122. The third kappa shape index (κ3) is 3.29. The topological polar surface area (TPSA) is 63.9 Å². The summed E-state index contributed by atoms with van der Waals surface area (Å²) in [5.41, 5.74) is 3.49. The van der Waals surface area contributed by atoms with Crippen molar-refractivity contribution in [2.45, 2.75) is 45.2 Å². The third-order valence-corrected chi connectivity index (χ3v) is 6.38. The summed E-state index contributed by atoms with van der Waals surface area (Å²) < 4.78 is 3.05. The summed E-state index contributed by atoms with van der Waals surface area (Å²) in [6.45, 7) is 4.65. The number of carbonyl (C=O) groups is 1. The number of rotatable bonds is 5. The molecule has 3 heterocycles. The van der Waals surface area contributed by atoms with Crippen LogP contribution in [0.2, 0.25) is 0 Å². The number of nitrogens with zero attached hydrogens (tertiary/aromatic N) is 5. The first-order chi connectivity index (χ1) is 14.0. The Kier molecular flexibility index (Phi) is 4.35. The van der Waals surface area contributed by atoms with Gasteiger partial charge < -0.3 is 4.90 Å². The highest BCUT2D eigenvalue weighted by Crippen LogP contribution is 2.40. The molecule has 0 aliphatic heterocycles. The monoisotopic (exact) mass is 405 g/mol. The summed E-state index contributed by atoms with van der Waals surface area (Å²) in [6.07, 6.45) is 4.06. The highest BCUT2D eigenvalue weighted by Gasteiger charge is 2.29. The van der Waals surface area contributed by atoms with Gasteiger partial charge in [-0.05, 0) is 44.9 Å². The molecular weight excluding hydrogens is 382 g/mol. The van der Waals surface area contributed by atoms with Crippen LogP contribution < -0.4 is 0 Å². The first-order valence-electron chi connectivity index (χ1n) is 9.99. The van der Waals surface area contributed by atoms with Gasteiger partial charge in [0.15, 0.2) is 5.65 Å². The van der Waals surface area contributed by atoms with Gasteiger partial charge in [-0.3, -0.25) is 4.79 Å². The Bertz CT molecular complexity index is 1190. The number of fused-ring (bicyclic) bond motifs is 2. The lowest BCUT2D eigenvalue weighted by Crippen LogP contribution is -2.26. The SMILES string of the molecule is CC(C)n1ncc2c(C(=O)N(C)Cc3nc4ccccc4s3)cc(C3CC3)nc21. The number of carbonyl (C=O) groups excluding carboxylic acids is 1. The number of pyridine rings is 1. The number of hydrogen-bond acceptors (Lipinski definition) is 5. The fourth-order valence-corrected chi connectivity index (χ4v) is 4.67. The van der Waals surface area contributed by atoms with E-state index >= 15 is 0 Å². The Hall–Kier alpha value is -2.80. The summed E-state index contributed by atoms with van der Waals surface area (Å²) in [6, 6.07) is 10.2. The van der Waals surface area contributed by atoms with Crippen molar-refractivity contribution < 1.29 is 4.79 Å². The second-order valence-electron chi connectivity index (χ2n) is 8.03. The van der Waals surface area contributed by atoms with Crippen LogP contribution in [0.4, 0.5) is 0 Å². The molecule has 1 aromatic carbocycles. The lowest BCUT2D eigenvalue weighted by atomic mass is 10.1. The molecule has 0 saturated heterocycles. The van der Waals surface area contributed by atoms with Crippen LogP contribution in [0.3, 0.4) is 0 Å². The maximum Gasteiger partial charge on any atom is 0.254 e. The fourth-order valence-electron chi connectivity index (χ4n) is 3.65. The number of benzene rings is 1. The Morgan fingerprint density at radius 1 is 1.28 bits per heavy atom. The standard InChI is InChI=1S/C22H23N5OS/c1-13(2)27-21-16(11-23-27)15(10-18(25-21)14-8-9-14)22(28)26(3)12-20-24-17-6-4-5-7-19(17)29-20/h4-7,10-11,13-14H,8-9,12H2,1-3H3. The van der Waals surface area contributed by atoms with Gasteiger partial charge in [-0.1, -0.05) is 12.1 Å². The van der Waals surface area contributed by atoms with Crippen molar-refractivity contribution in [2.24, 2.45) is 0 Å². The summed E-state index contributed by atoms with van der Waals surface area (Å²) in [7, 11) is 1.84. The first kappa shape index (κ1) is 18.2. The van der Waals surface area contributed by atoms with E-state index in [0.29, 0.717) is 18.0 Å². The predicted octanol–water partition coefficient (Wildman–Crippen LogP) is 4.77. The van der Waals surface area contributed by atoms with Crippen molar-refractivity contribution in [1.82, 2.24) is 24.6 Å². The third-order valence-electron chi connectivity index (χ3n) is 5.36. The van der Waals surface area contributed by atoms with Crippen molar-refractivity contribution in [3.05, 3.63) is 52.8 Å². The quantitative estimate of drug-likeness (QED) is 0.480. The molecule has 4 aromatic rings. The number of aromatic nitrogens is 4. The Balaban J connectivity index is 1.50. The molecule has 29 heavy (non-hydrogen) atoms. The van der Waals surface area contributed by atoms with Crippen molar-refractivity contribution in [1.29, 1.82) is 0 Å². The van der Waals surface area contributed by atoms with Gasteiger partial charge in [-0.25, -0.2) is 14.6 Å². The zero-order valence-electron chi connectivity index (χ0n) is 16.8. The molecule has 1 aliphatic carbocycles. The van der Waals surface area contributed by atoms with E-state index in [0.717, 1.165) is 44.8 Å². The number of hydrogen-bond donors (Lipinski definition) is 0. The molecule has 1 fully saturated rings. The van der Waals surface area contributed by atoms with E-state index in [2.05, 4.69) is 30.0 Å². The molecule has 6 nitrogen and oxygen atoms in total. The molecule has 0 N–H and O–H groups in total. The van der Waals surface area contributed by atoms with E-state index in [-0.39, 0.29) is 11.9 Å². The highest BCUT2D eigenvalue weighted by atomic mass is 32.1. The largest absolute Gasteiger partial charge is 0.335 e. The van der Waals surface area contributed by atoms with E-state index in [1.807, 2.05) is 36.0 Å². The van der Waals surface area contributed by atoms with Gasteiger partial charge in [-0.2, -0.15) is 5.10 Å². The molecule has 3 aromatic heterocycles. The maximum absolute atomic E-state index is 13.4. The summed E-state index contributed by atoms with van der Waals surface area (Å²) in [5.74, 6) is 0.456. The lowest BCUT2D eigenvalue weighted by Gasteiger charge is -2.17. The van der Waals surface area contributed by atoms with Crippen LogP contribution in [0.5, 0.6) is 0 Å². The minimum absolute atomic E-state index is 0.0122. The van der Waals surface area contributed by atoms with Crippen LogP contribution in [0.25, 0.3) is 21.3 Å². The molecule has 1 amide bonds. The molecule has 1 saturated carbocycles. The molecular formula is C22H23N5OS. The van der Waals surface area contributed by atoms with Gasteiger partial charge in [-0.15, -0.1) is 11.3 Å². The molecule has 5 rings (SSSR count). The number of para-hydroxylation sites is 1. The van der Waals surface area contributed by atoms with Crippen LogP contribution >= 0.6 is 11.3 Å². The van der Waals surface area contributed by atoms with Crippen LogP contribution in [0, 0.1) is 0 Å². The summed E-state index contributed by atoms with van der Waals surface area (Å²) in [4.78, 5) is 24.7. The van der Waals surface area contributed by atoms with Crippen LogP contribution in [-0.4, -0.2) is 37.6 Å². The van der Waals surface area contributed by atoms with Crippen molar-refractivity contribution >= 4 is 38.5 Å². The minimum Gasteiger partial charge on any atom is -0.335 e. The van der Waals surface area contributed by atoms with Gasteiger partial charge in [0.1, 0.15) is 5.01 Å². The van der Waals surface area contributed by atoms with E-state index in [9.17, 15) is 4.79 Å². The molecule has 0 atom stereocenters. The van der Waals surface area contributed by atoms with E-state index < -0.39 is 0 Å². The van der Waals surface area contributed by atoms with Gasteiger partial charge in [0.25, 0.3) is 5.91 Å². The second-order valence-corrected chi connectivity index (χ2v) is 9.14. The van der Waals surface area contributed by atoms with Gasteiger partial charge in [0.05, 0.1) is 33.9 Å². The molecule has 0 spiro atoms. The van der Waals surface area contributed by atoms with Gasteiger partial charge in [0, 0.05) is 24.7 Å². The zero-order chi connectivity index (χ0) is 20.1. The first-order valence-corrected chi connectivity index (χ1v) is 10.8. The molecule has 0 radical (unpaired) electrons. The number of thiazole rings is 1. The van der Waals surface area contributed by atoms with E-state index in [1.54, 1.807) is 22.4 Å². The number of amides is 1. The van der Waals surface area contributed by atoms with Crippen LogP contribution in [0.15, 0.2) is 36.5 Å². The molecule has 0 unspecified atom stereocenters. The van der Waals surface area contributed by atoms with Crippen LogP contribution in [0.1, 0.15) is 59.7 Å². The summed E-state index contributed by atoms with van der Waals surface area (Å²) >= 11 is 1.63.